The van der Waals surface area contributed by atoms with Gasteiger partial charge < -0.3 is 0 Å². The number of rotatable bonds is 2. The molecule has 0 atom stereocenters. The molecule has 0 N–H and O–H groups in total. The fraction of sp³-hybridized carbons (Fsp3) is 0.231. The molecular weight excluding hydrogens is 361 g/mol. The number of thioether (sulfide) groups is 1. The van der Waals surface area contributed by atoms with E-state index in [0.29, 0.717) is 4.91 Å². The molecule has 0 spiro atoms. The van der Waals surface area contributed by atoms with Gasteiger partial charge in [-0.15, -0.1) is 0 Å². The van der Waals surface area contributed by atoms with Crippen LogP contribution in [0.25, 0.3) is 6.08 Å². The molecule has 1 aromatic carbocycles. The molecule has 0 saturated carbocycles. The summed E-state index contributed by atoms with van der Waals surface area (Å²) in [5, 5.41) is -0.188. The highest BCUT2D eigenvalue weighted by Gasteiger charge is 2.36. The molecule has 18 heavy (non-hydrogen) atoms. The minimum atomic E-state index is -0.196. The molecule has 2 rings (SSSR count). The summed E-state index contributed by atoms with van der Waals surface area (Å²) in [5.41, 5.74) is 0.935. The van der Waals surface area contributed by atoms with Gasteiger partial charge in [0.25, 0.3) is 11.1 Å². The van der Waals surface area contributed by atoms with E-state index < -0.39 is 0 Å². The topological polar surface area (TPSA) is 37.4 Å². The van der Waals surface area contributed by atoms with Gasteiger partial charge in [0, 0.05) is 9.61 Å². The van der Waals surface area contributed by atoms with E-state index in [0.717, 1.165) is 20.9 Å². The van der Waals surface area contributed by atoms with Crippen LogP contribution in [-0.4, -0.2) is 22.1 Å². The third kappa shape index (κ3) is 2.77. The van der Waals surface area contributed by atoms with E-state index in [1.807, 2.05) is 38.1 Å². The van der Waals surface area contributed by atoms with Crippen LogP contribution in [-0.2, 0) is 4.79 Å². The molecule has 1 aromatic rings. The summed E-state index contributed by atoms with van der Waals surface area (Å²) in [6, 6.07) is 7.72. The number of imide groups is 1. The first-order valence-electron chi connectivity index (χ1n) is 5.51. The number of carbonyl (C=O) groups is 2. The van der Waals surface area contributed by atoms with Crippen LogP contribution in [0.3, 0.4) is 0 Å². The van der Waals surface area contributed by atoms with Crippen LogP contribution in [0.1, 0.15) is 19.4 Å². The highest BCUT2D eigenvalue weighted by atomic mass is 127. The van der Waals surface area contributed by atoms with Crippen LogP contribution < -0.4 is 0 Å². The predicted molar refractivity (Wildman–Crippen MR) is 82.1 cm³/mol. The Morgan fingerprint density at radius 2 is 1.83 bits per heavy atom. The molecule has 0 aromatic heterocycles. The first kappa shape index (κ1) is 13.6. The monoisotopic (exact) mass is 373 g/mol. The standard InChI is InChI=1S/C13H12INO2S/c1-8(2)15-12(16)11(18-13(15)17)7-9-3-5-10(14)6-4-9/h3-8H,1-2H3/b11-7-. The predicted octanol–water partition coefficient (Wildman–Crippen LogP) is 3.74. The molecule has 0 unspecified atom stereocenters. The smallest absolute Gasteiger partial charge is 0.268 e. The number of nitrogens with zero attached hydrogens (tertiary/aromatic N) is 1. The first-order chi connectivity index (χ1) is 8.49. The number of carbonyl (C=O) groups excluding carboxylic acids is 2. The Bertz CT molecular complexity index is 522. The van der Waals surface area contributed by atoms with Crippen molar-refractivity contribution in [3.05, 3.63) is 38.3 Å². The number of halogens is 1. The van der Waals surface area contributed by atoms with Gasteiger partial charge in [0.2, 0.25) is 0 Å². The normalized spacial score (nSPS) is 18.2. The number of amides is 2. The molecule has 94 valence electrons. The third-order valence-electron chi connectivity index (χ3n) is 2.51. The van der Waals surface area contributed by atoms with Crippen LogP contribution in [0, 0.1) is 3.57 Å². The second-order valence-electron chi connectivity index (χ2n) is 4.20. The molecular formula is C13H12INO2S. The average molecular weight is 373 g/mol. The van der Waals surface area contributed by atoms with Gasteiger partial charge in [-0.25, -0.2) is 0 Å². The molecule has 2 amide bonds. The Hall–Kier alpha value is -0.820. The summed E-state index contributed by atoms with van der Waals surface area (Å²) in [7, 11) is 0. The van der Waals surface area contributed by atoms with Crippen LogP contribution in [0.5, 0.6) is 0 Å². The highest BCUT2D eigenvalue weighted by Crippen LogP contribution is 2.33. The Morgan fingerprint density at radius 3 is 2.33 bits per heavy atom. The third-order valence-corrected chi connectivity index (χ3v) is 4.11. The molecule has 5 heteroatoms. The lowest BCUT2D eigenvalue weighted by Gasteiger charge is -2.16. The lowest BCUT2D eigenvalue weighted by molar-refractivity contribution is -0.123. The molecule has 1 heterocycles. The van der Waals surface area contributed by atoms with Crippen LogP contribution in [0.15, 0.2) is 29.2 Å². The van der Waals surface area contributed by atoms with Crippen LogP contribution in [0.4, 0.5) is 4.79 Å². The Morgan fingerprint density at radius 1 is 1.22 bits per heavy atom. The minimum absolute atomic E-state index is 0.0971. The van der Waals surface area contributed by atoms with Crippen molar-refractivity contribution in [3.8, 4) is 0 Å². The average Bonchev–Trinajstić information content (AvgIpc) is 2.57. The van der Waals surface area contributed by atoms with E-state index in [1.54, 1.807) is 6.08 Å². The van der Waals surface area contributed by atoms with E-state index in [4.69, 9.17) is 0 Å². The highest BCUT2D eigenvalue weighted by molar-refractivity contribution is 14.1. The molecule has 3 nitrogen and oxygen atoms in total. The molecule has 1 saturated heterocycles. The maximum atomic E-state index is 12.0. The van der Waals surface area contributed by atoms with Gasteiger partial charge in [-0.2, -0.15) is 0 Å². The minimum Gasteiger partial charge on any atom is -0.268 e. The van der Waals surface area contributed by atoms with Crippen molar-refractivity contribution >= 4 is 51.6 Å². The second kappa shape index (κ2) is 5.44. The van der Waals surface area contributed by atoms with E-state index in [1.165, 1.54) is 4.90 Å². The molecule has 1 fully saturated rings. The maximum absolute atomic E-state index is 12.0. The first-order valence-corrected chi connectivity index (χ1v) is 7.41. The Balaban J connectivity index is 2.28. The molecule has 0 bridgehead atoms. The number of benzene rings is 1. The fourth-order valence-electron chi connectivity index (χ4n) is 1.64. The largest absolute Gasteiger partial charge is 0.293 e. The molecule has 0 aliphatic carbocycles. The van der Waals surface area contributed by atoms with Crippen LogP contribution >= 0.6 is 34.4 Å². The van der Waals surface area contributed by atoms with Gasteiger partial charge in [-0.3, -0.25) is 14.5 Å². The van der Waals surface area contributed by atoms with Gasteiger partial charge >= 0.3 is 0 Å². The SMILES string of the molecule is CC(C)N1C(=O)S/C(=C\c2ccc(I)cc2)C1=O. The summed E-state index contributed by atoms with van der Waals surface area (Å²) in [5.74, 6) is -0.196. The Kier molecular flexibility index (Phi) is 4.11. The number of hydrogen-bond acceptors (Lipinski definition) is 3. The Labute approximate surface area is 124 Å². The van der Waals surface area contributed by atoms with Crippen LogP contribution in [0.2, 0.25) is 0 Å². The van der Waals surface area contributed by atoms with Crippen molar-refractivity contribution in [1.82, 2.24) is 4.90 Å². The molecule has 1 aliphatic heterocycles. The van der Waals surface area contributed by atoms with E-state index in [-0.39, 0.29) is 17.2 Å². The summed E-state index contributed by atoms with van der Waals surface area (Å²) >= 11 is 3.23. The lowest BCUT2D eigenvalue weighted by atomic mass is 10.2. The quantitative estimate of drug-likeness (QED) is 0.586. The zero-order valence-corrected chi connectivity index (χ0v) is 13.0. The summed E-state index contributed by atoms with van der Waals surface area (Å²) in [6.45, 7) is 3.67. The van der Waals surface area contributed by atoms with Crippen molar-refractivity contribution in [3.63, 3.8) is 0 Å². The lowest BCUT2D eigenvalue weighted by Crippen LogP contribution is -2.34. The summed E-state index contributed by atoms with van der Waals surface area (Å²) in [4.78, 5) is 25.5. The zero-order valence-electron chi connectivity index (χ0n) is 10.0. The van der Waals surface area contributed by atoms with Gasteiger partial charge in [0.05, 0.1) is 4.91 Å². The zero-order chi connectivity index (χ0) is 13.3. The van der Waals surface area contributed by atoms with E-state index in [9.17, 15) is 9.59 Å². The fourth-order valence-corrected chi connectivity index (χ4v) is 2.96. The van der Waals surface area contributed by atoms with Gasteiger partial charge in [-0.1, -0.05) is 12.1 Å². The number of hydrogen-bond donors (Lipinski definition) is 0. The van der Waals surface area contributed by atoms with E-state index >= 15 is 0 Å². The molecule has 0 radical (unpaired) electrons. The van der Waals surface area contributed by atoms with Gasteiger partial charge in [0.15, 0.2) is 0 Å². The maximum Gasteiger partial charge on any atom is 0.293 e. The van der Waals surface area contributed by atoms with Crippen molar-refractivity contribution in [1.29, 1.82) is 0 Å². The van der Waals surface area contributed by atoms with Crippen molar-refractivity contribution in [2.24, 2.45) is 0 Å². The second-order valence-corrected chi connectivity index (χ2v) is 6.44. The van der Waals surface area contributed by atoms with Crippen molar-refractivity contribution in [2.75, 3.05) is 0 Å². The summed E-state index contributed by atoms with van der Waals surface area (Å²) < 4.78 is 1.14. The van der Waals surface area contributed by atoms with Crippen molar-refractivity contribution in [2.45, 2.75) is 19.9 Å². The van der Waals surface area contributed by atoms with E-state index in [2.05, 4.69) is 22.6 Å². The van der Waals surface area contributed by atoms with Gasteiger partial charge in [0.1, 0.15) is 0 Å². The van der Waals surface area contributed by atoms with Crippen molar-refractivity contribution < 1.29 is 9.59 Å². The molecule has 1 aliphatic rings. The summed E-state index contributed by atoms with van der Waals surface area (Å²) in [6.07, 6.45) is 1.77. The van der Waals surface area contributed by atoms with Gasteiger partial charge in [-0.05, 0) is 72.0 Å².